The largest absolute Gasteiger partial charge is 0.390 e. The molecule has 0 atom stereocenters. The van der Waals surface area contributed by atoms with Gasteiger partial charge in [-0.15, -0.1) is 16.4 Å². The van der Waals surface area contributed by atoms with Crippen LogP contribution in [0.5, 0.6) is 0 Å². The van der Waals surface area contributed by atoms with Crippen molar-refractivity contribution in [1.82, 2.24) is 30.2 Å². The summed E-state index contributed by atoms with van der Waals surface area (Å²) in [5.41, 5.74) is 3.42. The first-order chi connectivity index (χ1) is 15.7. The second-order valence-corrected chi connectivity index (χ2v) is 8.91. The molecule has 3 aromatic heterocycles. The summed E-state index contributed by atoms with van der Waals surface area (Å²) in [5.74, 6) is 1.54. The highest BCUT2D eigenvalue weighted by atomic mass is 35.5. The SMILES string of the molecule is CCCCc1nc(CO)c(/C=C(\Cc2cccs2)c2nnn[nH]2)n1Cc1ccccc1Cl. The first-order valence-corrected chi connectivity index (χ1v) is 11.8. The molecule has 4 aromatic rings. The Morgan fingerprint density at radius 1 is 1.25 bits per heavy atom. The normalized spacial score (nSPS) is 11.9. The van der Waals surface area contributed by atoms with Crippen molar-refractivity contribution in [2.45, 2.75) is 45.8 Å². The maximum Gasteiger partial charge on any atom is 0.175 e. The van der Waals surface area contributed by atoms with Crippen LogP contribution in [0, 0.1) is 0 Å². The van der Waals surface area contributed by atoms with E-state index in [4.69, 9.17) is 16.6 Å². The zero-order valence-corrected chi connectivity index (χ0v) is 19.4. The zero-order valence-electron chi connectivity index (χ0n) is 17.8. The Morgan fingerprint density at radius 2 is 2.12 bits per heavy atom. The fraction of sp³-hybridized carbons (Fsp3) is 0.304. The fourth-order valence-corrected chi connectivity index (χ4v) is 4.53. The van der Waals surface area contributed by atoms with Gasteiger partial charge in [0.25, 0.3) is 0 Å². The number of H-pyrrole nitrogens is 1. The Morgan fingerprint density at radius 3 is 2.81 bits per heavy atom. The number of hydrogen-bond donors (Lipinski definition) is 2. The molecule has 0 saturated carbocycles. The van der Waals surface area contributed by atoms with Crippen LogP contribution in [0.15, 0.2) is 41.8 Å². The quantitative estimate of drug-likeness (QED) is 0.349. The number of benzene rings is 1. The third-order valence-corrected chi connectivity index (χ3v) is 6.50. The second-order valence-electron chi connectivity index (χ2n) is 7.47. The lowest BCUT2D eigenvalue weighted by Crippen LogP contribution is -2.08. The molecule has 0 amide bonds. The minimum Gasteiger partial charge on any atom is -0.390 e. The number of allylic oxidation sites excluding steroid dienone is 1. The highest BCUT2D eigenvalue weighted by molar-refractivity contribution is 7.10. The molecule has 1 aromatic carbocycles. The fourth-order valence-electron chi connectivity index (χ4n) is 3.61. The molecule has 0 bridgehead atoms. The minimum absolute atomic E-state index is 0.151. The van der Waals surface area contributed by atoms with Gasteiger partial charge in [0.15, 0.2) is 5.82 Å². The summed E-state index contributed by atoms with van der Waals surface area (Å²) in [4.78, 5) is 5.99. The summed E-state index contributed by atoms with van der Waals surface area (Å²) in [7, 11) is 0. The van der Waals surface area contributed by atoms with Crippen LogP contribution in [-0.2, 0) is 26.0 Å². The Hall–Kier alpha value is -2.81. The molecular weight excluding hydrogens is 444 g/mol. The molecule has 0 fully saturated rings. The standard InChI is InChI=1S/C23H25ClN6OS/c1-2-3-10-22-25-20(15-31)21(30(22)14-16-7-4-5-9-19(16)24)13-17(23-26-28-29-27-23)12-18-8-6-11-32-18/h4-9,11,13,31H,2-3,10,12,14-15H2,1H3,(H,26,27,28,29)/b17-13+. The van der Waals surface area contributed by atoms with Crippen LogP contribution in [0.4, 0.5) is 0 Å². The van der Waals surface area contributed by atoms with Crippen molar-refractivity contribution in [2.24, 2.45) is 0 Å². The number of nitrogens with one attached hydrogen (secondary N) is 1. The van der Waals surface area contributed by atoms with Gasteiger partial charge in [0.2, 0.25) is 0 Å². The van der Waals surface area contributed by atoms with Crippen LogP contribution in [0.2, 0.25) is 5.02 Å². The van der Waals surface area contributed by atoms with Gasteiger partial charge in [0.05, 0.1) is 24.5 Å². The number of aryl methyl sites for hydroxylation is 1. The summed E-state index contributed by atoms with van der Waals surface area (Å²) < 4.78 is 2.15. The zero-order chi connectivity index (χ0) is 22.3. The molecular formula is C23H25ClN6OS. The number of aromatic nitrogens is 6. The summed E-state index contributed by atoms with van der Waals surface area (Å²) in [6.07, 6.45) is 5.60. The Kier molecular flexibility index (Phi) is 7.47. The van der Waals surface area contributed by atoms with E-state index in [0.29, 0.717) is 29.5 Å². The number of thiophene rings is 1. The van der Waals surface area contributed by atoms with Crippen molar-refractivity contribution in [3.63, 3.8) is 0 Å². The van der Waals surface area contributed by atoms with E-state index in [2.05, 4.69) is 43.6 Å². The number of rotatable bonds is 10. The third-order valence-electron chi connectivity index (χ3n) is 5.26. The van der Waals surface area contributed by atoms with Crippen molar-refractivity contribution in [1.29, 1.82) is 0 Å². The van der Waals surface area contributed by atoms with Gasteiger partial charge < -0.3 is 9.67 Å². The third kappa shape index (κ3) is 5.15. The maximum atomic E-state index is 10.1. The highest BCUT2D eigenvalue weighted by Crippen LogP contribution is 2.27. The lowest BCUT2D eigenvalue weighted by atomic mass is 10.1. The Labute approximate surface area is 195 Å². The average molecular weight is 469 g/mol. The molecule has 0 radical (unpaired) electrons. The van der Waals surface area contributed by atoms with E-state index in [0.717, 1.165) is 41.9 Å². The maximum absolute atomic E-state index is 10.1. The smallest absolute Gasteiger partial charge is 0.175 e. The van der Waals surface area contributed by atoms with Crippen LogP contribution in [0.25, 0.3) is 11.6 Å². The van der Waals surface area contributed by atoms with E-state index in [1.54, 1.807) is 11.3 Å². The number of aliphatic hydroxyl groups is 1. The topological polar surface area (TPSA) is 92.5 Å². The number of aliphatic hydroxyl groups excluding tert-OH is 1. The van der Waals surface area contributed by atoms with Crippen molar-refractivity contribution in [3.8, 4) is 0 Å². The Balaban J connectivity index is 1.83. The first kappa shape index (κ1) is 22.4. The van der Waals surface area contributed by atoms with E-state index in [1.807, 2.05) is 36.4 Å². The van der Waals surface area contributed by atoms with Gasteiger partial charge in [-0.1, -0.05) is 49.2 Å². The summed E-state index contributed by atoms with van der Waals surface area (Å²) in [6.45, 7) is 2.57. The molecule has 9 heteroatoms. The molecule has 7 nitrogen and oxygen atoms in total. The number of tetrazole rings is 1. The van der Waals surface area contributed by atoms with Crippen LogP contribution < -0.4 is 0 Å². The number of imidazole rings is 1. The van der Waals surface area contributed by atoms with Crippen LogP contribution >= 0.6 is 22.9 Å². The molecule has 0 saturated heterocycles. The molecule has 32 heavy (non-hydrogen) atoms. The number of aromatic amines is 1. The van der Waals surface area contributed by atoms with E-state index in [9.17, 15) is 5.11 Å². The van der Waals surface area contributed by atoms with Gasteiger partial charge in [-0.2, -0.15) is 0 Å². The summed E-state index contributed by atoms with van der Waals surface area (Å²) in [5, 5.41) is 27.4. The summed E-state index contributed by atoms with van der Waals surface area (Å²) >= 11 is 8.16. The summed E-state index contributed by atoms with van der Waals surface area (Å²) in [6, 6.07) is 11.9. The Bertz CT molecular complexity index is 1170. The van der Waals surface area contributed by atoms with Gasteiger partial charge in [-0.25, -0.2) is 10.1 Å². The van der Waals surface area contributed by atoms with Gasteiger partial charge in [0, 0.05) is 28.3 Å². The van der Waals surface area contributed by atoms with Gasteiger partial charge >= 0.3 is 0 Å². The number of unbranched alkanes of at least 4 members (excludes halogenated alkanes) is 1. The molecule has 0 aliphatic heterocycles. The molecule has 4 rings (SSSR count). The predicted octanol–water partition coefficient (Wildman–Crippen LogP) is 4.78. The number of nitrogens with zero attached hydrogens (tertiary/aromatic N) is 5. The van der Waals surface area contributed by atoms with Crippen molar-refractivity contribution < 1.29 is 5.11 Å². The number of halogens is 1. The van der Waals surface area contributed by atoms with Crippen molar-refractivity contribution in [2.75, 3.05) is 0 Å². The van der Waals surface area contributed by atoms with Gasteiger partial charge in [0.1, 0.15) is 5.82 Å². The lowest BCUT2D eigenvalue weighted by Gasteiger charge is -2.13. The van der Waals surface area contributed by atoms with E-state index >= 15 is 0 Å². The molecule has 3 heterocycles. The molecule has 0 aliphatic rings. The van der Waals surface area contributed by atoms with Crippen molar-refractivity contribution in [3.05, 3.63) is 80.3 Å². The van der Waals surface area contributed by atoms with E-state index in [1.165, 1.54) is 4.88 Å². The van der Waals surface area contributed by atoms with Crippen LogP contribution in [0.1, 0.15) is 53.2 Å². The van der Waals surface area contributed by atoms with Gasteiger partial charge in [-0.05, 0) is 46.0 Å². The molecule has 2 N–H and O–H groups in total. The van der Waals surface area contributed by atoms with Crippen molar-refractivity contribution >= 4 is 34.6 Å². The highest BCUT2D eigenvalue weighted by Gasteiger charge is 2.18. The van der Waals surface area contributed by atoms with E-state index in [-0.39, 0.29) is 6.61 Å². The number of hydrogen-bond acceptors (Lipinski definition) is 6. The first-order valence-electron chi connectivity index (χ1n) is 10.6. The lowest BCUT2D eigenvalue weighted by molar-refractivity contribution is 0.277. The van der Waals surface area contributed by atoms with Crippen LogP contribution in [-0.4, -0.2) is 35.3 Å². The average Bonchev–Trinajstić information content (AvgIpc) is 3.56. The van der Waals surface area contributed by atoms with E-state index < -0.39 is 0 Å². The predicted molar refractivity (Wildman–Crippen MR) is 127 cm³/mol. The van der Waals surface area contributed by atoms with Crippen LogP contribution in [0.3, 0.4) is 0 Å². The minimum atomic E-state index is -0.151. The molecule has 0 unspecified atom stereocenters. The molecule has 0 aliphatic carbocycles. The second kappa shape index (κ2) is 10.7. The molecule has 0 spiro atoms. The monoisotopic (exact) mass is 468 g/mol. The van der Waals surface area contributed by atoms with Gasteiger partial charge in [-0.3, -0.25) is 0 Å². The molecule has 166 valence electrons.